The number of aryl methyl sites for hydroxylation is 2. The van der Waals surface area contributed by atoms with Gasteiger partial charge in [-0.2, -0.15) is 0 Å². The fraction of sp³-hybridized carbons (Fsp3) is 0.250. The third kappa shape index (κ3) is 2.48. The summed E-state index contributed by atoms with van der Waals surface area (Å²) in [5.41, 5.74) is 3.58. The number of benzene rings is 1. The molecule has 0 aliphatic heterocycles. The lowest BCUT2D eigenvalue weighted by molar-refractivity contribution is -0.385. The summed E-state index contributed by atoms with van der Waals surface area (Å²) in [6.45, 7) is 4.26. The second-order valence-electron chi connectivity index (χ2n) is 4.09. The molecule has 0 saturated carbocycles. The molecule has 0 spiro atoms. The van der Waals surface area contributed by atoms with Crippen molar-refractivity contribution >= 4 is 11.4 Å². The Hall–Kier alpha value is -2.37. The zero-order valence-electron chi connectivity index (χ0n) is 10.2. The molecule has 1 heterocycles. The Balaban J connectivity index is 2.09. The molecule has 0 unspecified atom stereocenters. The molecule has 0 radical (unpaired) electrons. The van der Waals surface area contributed by atoms with E-state index in [9.17, 15) is 10.1 Å². The molecular formula is C12H14N4O2. The van der Waals surface area contributed by atoms with E-state index in [0.717, 1.165) is 17.1 Å². The van der Waals surface area contributed by atoms with Crippen LogP contribution in [0.1, 0.15) is 17.0 Å². The summed E-state index contributed by atoms with van der Waals surface area (Å²) in [7, 11) is 0. The summed E-state index contributed by atoms with van der Waals surface area (Å²) in [5.74, 6) is 0. The second-order valence-corrected chi connectivity index (χ2v) is 4.09. The van der Waals surface area contributed by atoms with Gasteiger partial charge in [0.05, 0.1) is 23.5 Å². The van der Waals surface area contributed by atoms with Crippen molar-refractivity contribution in [2.75, 3.05) is 5.32 Å². The number of imidazole rings is 1. The van der Waals surface area contributed by atoms with Gasteiger partial charge in [0, 0.05) is 23.0 Å². The van der Waals surface area contributed by atoms with Crippen molar-refractivity contribution < 1.29 is 4.92 Å². The van der Waals surface area contributed by atoms with E-state index in [1.807, 2.05) is 6.92 Å². The molecule has 2 aromatic rings. The van der Waals surface area contributed by atoms with Crippen molar-refractivity contribution in [3.05, 3.63) is 51.6 Å². The van der Waals surface area contributed by atoms with E-state index >= 15 is 0 Å². The van der Waals surface area contributed by atoms with Crippen LogP contribution in [0.3, 0.4) is 0 Å². The van der Waals surface area contributed by atoms with Crippen LogP contribution in [0.5, 0.6) is 0 Å². The monoisotopic (exact) mass is 246 g/mol. The molecular weight excluding hydrogens is 232 g/mol. The maximum absolute atomic E-state index is 10.7. The summed E-state index contributed by atoms with van der Waals surface area (Å²) in [4.78, 5) is 17.5. The molecule has 94 valence electrons. The predicted molar refractivity (Wildman–Crippen MR) is 68.5 cm³/mol. The number of nitrogens with one attached hydrogen (secondary N) is 2. The number of nitrogens with zero attached hydrogens (tertiary/aromatic N) is 2. The molecule has 1 aromatic heterocycles. The molecule has 18 heavy (non-hydrogen) atoms. The Morgan fingerprint density at radius 1 is 1.44 bits per heavy atom. The van der Waals surface area contributed by atoms with Crippen molar-refractivity contribution in [2.24, 2.45) is 0 Å². The topological polar surface area (TPSA) is 83.8 Å². The van der Waals surface area contributed by atoms with Crippen LogP contribution in [-0.4, -0.2) is 14.9 Å². The first kappa shape index (κ1) is 12.1. The Morgan fingerprint density at radius 3 is 2.78 bits per heavy atom. The molecule has 0 amide bonds. The van der Waals surface area contributed by atoms with Gasteiger partial charge in [-0.1, -0.05) is 0 Å². The van der Waals surface area contributed by atoms with Crippen LogP contribution in [0.2, 0.25) is 0 Å². The van der Waals surface area contributed by atoms with Gasteiger partial charge >= 0.3 is 0 Å². The van der Waals surface area contributed by atoms with Gasteiger partial charge in [0.15, 0.2) is 0 Å². The van der Waals surface area contributed by atoms with Crippen molar-refractivity contribution in [1.29, 1.82) is 0 Å². The smallest absolute Gasteiger partial charge is 0.272 e. The van der Waals surface area contributed by atoms with E-state index in [1.165, 1.54) is 6.07 Å². The summed E-state index contributed by atoms with van der Waals surface area (Å²) < 4.78 is 0. The first-order valence-electron chi connectivity index (χ1n) is 5.55. The highest BCUT2D eigenvalue weighted by atomic mass is 16.6. The molecule has 0 aliphatic carbocycles. The molecule has 2 rings (SSSR count). The van der Waals surface area contributed by atoms with Gasteiger partial charge in [-0.05, 0) is 26.0 Å². The van der Waals surface area contributed by atoms with Crippen LogP contribution in [0.4, 0.5) is 11.4 Å². The highest BCUT2D eigenvalue weighted by Crippen LogP contribution is 2.21. The average Bonchev–Trinajstić information content (AvgIpc) is 2.72. The quantitative estimate of drug-likeness (QED) is 0.641. The molecule has 0 atom stereocenters. The van der Waals surface area contributed by atoms with Gasteiger partial charge in [0.1, 0.15) is 0 Å². The highest BCUT2D eigenvalue weighted by Gasteiger charge is 2.10. The van der Waals surface area contributed by atoms with E-state index in [1.54, 1.807) is 25.4 Å². The van der Waals surface area contributed by atoms with E-state index in [4.69, 9.17) is 0 Å². The normalized spacial score (nSPS) is 10.3. The van der Waals surface area contributed by atoms with Crippen LogP contribution in [0.15, 0.2) is 24.5 Å². The number of nitro benzene ring substituents is 1. The number of hydrogen-bond acceptors (Lipinski definition) is 4. The molecule has 0 saturated heterocycles. The van der Waals surface area contributed by atoms with E-state index < -0.39 is 0 Å². The number of nitro groups is 1. The summed E-state index contributed by atoms with van der Waals surface area (Å²) in [5, 5.41) is 13.9. The average molecular weight is 246 g/mol. The Bertz CT molecular complexity index is 577. The maximum Gasteiger partial charge on any atom is 0.272 e. The van der Waals surface area contributed by atoms with Crippen LogP contribution in [0.25, 0.3) is 0 Å². The number of rotatable bonds is 4. The third-order valence-corrected chi connectivity index (χ3v) is 2.79. The van der Waals surface area contributed by atoms with Crippen LogP contribution >= 0.6 is 0 Å². The molecule has 2 N–H and O–H groups in total. The van der Waals surface area contributed by atoms with Crippen molar-refractivity contribution in [3.63, 3.8) is 0 Å². The zero-order chi connectivity index (χ0) is 13.1. The van der Waals surface area contributed by atoms with Crippen LogP contribution in [0, 0.1) is 24.0 Å². The van der Waals surface area contributed by atoms with Gasteiger partial charge in [0.2, 0.25) is 0 Å². The van der Waals surface area contributed by atoms with Gasteiger partial charge in [-0.15, -0.1) is 0 Å². The van der Waals surface area contributed by atoms with Crippen molar-refractivity contribution in [1.82, 2.24) is 9.97 Å². The predicted octanol–water partition coefficient (Wildman–Crippen LogP) is 2.55. The number of anilines is 1. The minimum atomic E-state index is -0.378. The fourth-order valence-corrected chi connectivity index (χ4v) is 1.72. The number of aromatic amines is 1. The molecule has 6 heteroatoms. The van der Waals surface area contributed by atoms with Crippen LogP contribution in [-0.2, 0) is 6.54 Å². The Morgan fingerprint density at radius 2 is 2.22 bits per heavy atom. The second kappa shape index (κ2) is 4.87. The maximum atomic E-state index is 10.7. The SMILES string of the molecule is Cc1cc(NCc2nc[nH]c2C)ccc1[N+](=O)[O-]. The standard InChI is InChI=1S/C12H14N4O2/c1-8-5-10(3-4-12(8)16(17)18)13-6-11-9(2)14-7-15-11/h3-5,7,13H,6H2,1-2H3,(H,14,15). The summed E-state index contributed by atoms with van der Waals surface area (Å²) in [6.07, 6.45) is 1.65. The fourth-order valence-electron chi connectivity index (χ4n) is 1.72. The number of aromatic nitrogens is 2. The minimum absolute atomic E-state index is 0.136. The zero-order valence-corrected chi connectivity index (χ0v) is 10.2. The minimum Gasteiger partial charge on any atom is -0.379 e. The number of hydrogen-bond donors (Lipinski definition) is 2. The number of H-pyrrole nitrogens is 1. The molecule has 1 aromatic carbocycles. The summed E-state index contributed by atoms with van der Waals surface area (Å²) in [6, 6.07) is 4.97. The first-order valence-corrected chi connectivity index (χ1v) is 5.55. The molecule has 6 nitrogen and oxygen atoms in total. The molecule has 0 aliphatic rings. The van der Waals surface area contributed by atoms with Crippen LogP contribution < -0.4 is 5.32 Å². The largest absolute Gasteiger partial charge is 0.379 e. The Labute approximate surface area is 104 Å². The molecule has 0 bridgehead atoms. The van der Waals surface area contributed by atoms with E-state index in [2.05, 4.69) is 15.3 Å². The van der Waals surface area contributed by atoms with E-state index in [-0.39, 0.29) is 10.6 Å². The van der Waals surface area contributed by atoms with Crippen molar-refractivity contribution in [2.45, 2.75) is 20.4 Å². The molecule has 0 fully saturated rings. The summed E-state index contributed by atoms with van der Waals surface area (Å²) >= 11 is 0. The third-order valence-electron chi connectivity index (χ3n) is 2.79. The lowest BCUT2D eigenvalue weighted by Crippen LogP contribution is -2.02. The lowest BCUT2D eigenvalue weighted by atomic mass is 10.2. The van der Waals surface area contributed by atoms with Gasteiger partial charge < -0.3 is 10.3 Å². The lowest BCUT2D eigenvalue weighted by Gasteiger charge is -2.06. The Kier molecular flexibility index (Phi) is 3.27. The van der Waals surface area contributed by atoms with Gasteiger partial charge in [0.25, 0.3) is 5.69 Å². The van der Waals surface area contributed by atoms with E-state index in [0.29, 0.717) is 12.1 Å². The van der Waals surface area contributed by atoms with Gasteiger partial charge in [-0.3, -0.25) is 10.1 Å². The first-order chi connectivity index (χ1) is 8.58. The van der Waals surface area contributed by atoms with Crippen molar-refractivity contribution in [3.8, 4) is 0 Å². The highest BCUT2D eigenvalue weighted by molar-refractivity contribution is 5.53. The van der Waals surface area contributed by atoms with Gasteiger partial charge in [-0.25, -0.2) is 4.98 Å².